The number of aromatic nitrogens is 3. The number of hydrogen-bond donors (Lipinski definition) is 0. The summed E-state index contributed by atoms with van der Waals surface area (Å²) in [6.45, 7) is 3.80. The van der Waals surface area contributed by atoms with Gasteiger partial charge in [0.15, 0.2) is 5.69 Å². The number of nitrogens with zero attached hydrogens (tertiary/aromatic N) is 4. The zero-order chi connectivity index (χ0) is 17.6. The first-order chi connectivity index (χ1) is 12.0. The first kappa shape index (κ1) is 15.5. The number of carbonyl (C=O) groups is 3. The van der Waals surface area contributed by atoms with Crippen molar-refractivity contribution in [2.45, 2.75) is 13.5 Å². The third-order valence-electron chi connectivity index (χ3n) is 4.12. The molecule has 0 atom stereocenters. The maximum Gasteiger partial charge on any atom is 0.385 e. The number of hydroxylamine groups is 2. The lowest BCUT2D eigenvalue weighted by Gasteiger charge is -2.37. The number of hydrogen-bond acceptors (Lipinski definition) is 7. The van der Waals surface area contributed by atoms with Crippen LogP contribution in [-0.4, -0.2) is 51.1 Å². The van der Waals surface area contributed by atoms with Crippen molar-refractivity contribution in [2.24, 2.45) is 5.41 Å². The molecule has 4 rings (SSSR count). The number of fused-ring (bicyclic) bond motifs is 1. The molecule has 1 fully saturated rings. The van der Waals surface area contributed by atoms with E-state index in [9.17, 15) is 14.4 Å². The molecular weight excluding hydrogens is 328 g/mol. The summed E-state index contributed by atoms with van der Waals surface area (Å²) in [5, 5.41) is 8.08. The molecular formula is C16H14N4O5. The minimum Gasteiger partial charge on any atom is -0.380 e. The smallest absolute Gasteiger partial charge is 0.380 e. The van der Waals surface area contributed by atoms with Gasteiger partial charge < -0.3 is 9.57 Å². The van der Waals surface area contributed by atoms with E-state index < -0.39 is 17.8 Å². The molecule has 2 amide bonds. The van der Waals surface area contributed by atoms with Gasteiger partial charge in [0.1, 0.15) is 0 Å². The summed E-state index contributed by atoms with van der Waals surface area (Å²) in [5.74, 6) is -2.28. The van der Waals surface area contributed by atoms with Crippen molar-refractivity contribution in [3.8, 4) is 0 Å². The molecule has 2 aromatic rings. The highest BCUT2D eigenvalue weighted by molar-refractivity contribution is 6.21. The SMILES string of the molecule is CC1(Cn2cc(C(=O)ON3C(=O)c4ccccc4C3=O)nn2)COC1. The highest BCUT2D eigenvalue weighted by Crippen LogP contribution is 2.28. The van der Waals surface area contributed by atoms with E-state index in [1.807, 2.05) is 6.92 Å². The minimum atomic E-state index is -0.921. The molecule has 0 radical (unpaired) electrons. The standard InChI is InChI=1S/C16H14N4O5/c1-16(8-24-9-16)7-19-6-12(17-18-19)15(23)25-20-13(21)10-4-2-3-5-11(10)14(20)22/h2-6H,7-9H2,1H3. The van der Waals surface area contributed by atoms with Gasteiger partial charge >= 0.3 is 5.97 Å². The van der Waals surface area contributed by atoms with Crippen LogP contribution in [0.3, 0.4) is 0 Å². The molecule has 0 bridgehead atoms. The van der Waals surface area contributed by atoms with E-state index in [1.54, 1.807) is 12.1 Å². The third kappa shape index (κ3) is 2.58. The molecule has 9 heteroatoms. The maximum absolute atomic E-state index is 12.2. The first-order valence-corrected chi connectivity index (χ1v) is 7.65. The number of amides is 2. The second-order valence-electron chi connectivity index (χ2n) is 6.43. The average Bonchev–Trinajstić information content (AvgIpc) is 3.13. The summed E-state index contributed by atoms with van der Waals surface area (Å²) in [7, 11) is 0. The lowest BCUT2D eigenvalue weighted by atomic mass is 9.89. The summed E-state index contributed by atoms with van der Waals surface area (Å²) in [4.78, 5) is 41.5. The molecule has 0 unspecified atom stereocenters. The molecule has 1 saturated heterocycles. The van der Waals surface area contributed by atoms with Gasteiger partial charge in [-0.15, -0.1) is 5.10 Å². The van der Waals surface area contributed by atoms with Crippen LogP contribution in [0.2, 0.25) is 0 Å². The van der Waals surface area contributed by atoms with Gasteiger partial charge in [0.2, 0.25) is 0 Å². The quantitative estimate of drug-likeness (QED) is 0.753. The number of rotatable bonds is 4. The minimum absolute atomic E-state index is 0.0442. The summed E-state index contributed by atoms with van der Waals surface area (Å²) in [6.07, 6.45) is 1.42. The van der Waals surface area contributed by atoms with E-state index in [2.05, 4.69) is 10.3 Å². The zero-order valence-electron chi connectivity index (χ0n) is 13.3. The number of benzene rings is 1. The van der Waals surface area contributed by atoms with E-state index in [0.29, 0.717) is 24.8 Å². The summed E-state index contributed by atoms with van der Waals surface area (Å²) in [5.41, 5.74) is 0.265. The van der Waals surface area contributed by atoms with Crippen molar-refractivity contribution in [3.05, 3.63) is 47.3 Å². The Balaban J connectivity index is 1.47. The Hall–Kier alpha value is -3.07. The molecule has 3 heterocycles. The Kier molecular flexibility index (Phi) is 3.39. The van der Waals surface area contributed by atoms with Crippen LogP contribution in [0, 0.1) is 5.41 Å². The lowest BCUT2D eigenvalue weighted by Crippen LogP contribution is -2.43. The number of carbonyl (C=O) groups excluding carboxylic acids is 3. The Morgan fingerprint density at radius 1 is 1.24 bits per heavy atom. The van der Waals surface area contributed by atoms with Gasteiger partial charge in [-0.25, -0.2) is 4.79 Å². The van der Waals surface area contributed by atoms with Gasteiger partial charge in [-0.2, -0.15) is 0 Å². The van der Waals surface area contributed by atoms with E-state index in [-0.39, 0.29) is 22.2 Å². The lowest BCUT2D eigenvalue weighted by molar-refractivity contribution is -0.111. The van der Waals surface area contributed by atoms with Gasteiger partial charge in [-0.05, 0) is 12.1 Å². The summed E-state index contributed by atoms with van der Waals surface area (Å²) < 4.78 is 6.69. The number of ether oxygens (including phenoxy) is 1. The predicted octanol–water partition coefficient (Wildman–Crippen LogP) is 0.683. The van der Waals surface area contributed by atoms with Crippen molar-refractivity contribution in [1.29, 1.82) is 0 Å². The molecule has 0 aliphatic carbocycles. The molecule has 2 aliphatic heterocycles. The Bertz CT molecular complexity index is 851. The largest absolute Gasteiger partial charge is 0.385 e. The van der Waals surface area contributed by atoms with Crippen LogP contribution in [0.15, 0.2) is 30.5 Å². The van der Waals surface area contributed by atoms with E-state index >= 15 is 0 Å². The Morgan fingerprint density at radius 3 is 2.44 bits per heavy atom. The molecule has 1 aromatic heterocycles. The van der Waals surface area contributed by atoms with Crippen molar-refractivity contribution < 1.29 is 24.0 Å². The Labute approximate surface area is 142 Å². The zero-order valence-corrected chi connectivity index (χ0v) is 13.3. The van der Waals surface area contributed by atoms with Crippen LogP contribution in [0.4, 0.5) is 0 Å². The van der Waals surface area contributed by atoms with E-state index in [0.717, 1.165) is 0 Å². The van der Waals surface area contributed by atoms with E-state index in [1.165, 1.54) is 23.0 Å². The molecule has 2 aliphatic rings. The normalized spacial score (nSPS) is 18.0. The topological polar surface area (TPSA) is 104 Å². The fourth-order valence-corrected chi connectivity index (χ4v) is 2.78. The molecule has 0 spiro atoms. The van der Waals surface area contributed by atoms with E-state index in [4.69, 9.17) is 9.57 Å². The summed E-state index contributed by atoms with van der Waals surface area (Å²) in [6, 6.07) is 6.26. The van der Waals surface area contributed by atoms with Crippen molar-refractivity contribution >= 4 is 17.8 Å². The van der Waals surface area contributed by atoms with Crippen LogP contribution in [0.25, 0.3) is 0 Å². The number of imide groups is 1. The second kappa shape index (κ2) is 5.49. The summed E-state index contributed by atoms with van der Waals surface area (Å²) >= 11 is 0. The van der Waals surface area contributed by atoms with Crippen LogP contribution in [-0.2, 0) is 16.1 Å². The monoisotopic (exact) mass is 342 g/mol. The van der Waals surface area contributed by atoms with Crippen molar-refractivity contribution in [2.75, 3.05) is 13.2 Å². The first-order valence-electron chi connectivity index (χ1n) is 7.65. The average molecular weight is 342 g/mol. The van der Waals surface area contributed by atoms with Gasteiger partial charge in [0.25, 0.3) is 11.8 Å². The fourth-order valence-electron chi connectivity index (χ4n) is 2.78. The highest BCUT2D eigenvalue weighted by atomic mass is 16.7. The molecule has 9 nitrogen and oxygen atoms in total. The van der Waals surface area contributed by atoms with Gasteiger partial charge in [-0.1, -0.05) is 29.3 Å². The fraction of sp³-hybridized carbons (Fsp3) is 0.312. The van der Waals surface area contributed by atoms with Crippen LogP contribution >= 0.6 is 0 Å². The molecule has 128 valence electrons. The Morgan fingerprint density at radius 2 is 1.88 bits per heavy atom. The van der Waals surface area contributed by atoms with Gasteiger partial charge in [0, 0.05) is 5.41 Å². The van der Waals surface area contributed by atoms with Gasteiger partial charge in [-0.3, -0.25) is 14.3 Å². The third-order valence-corrected chi connectivity index (χ3v) is 4.12. The predicted molar refractivity (Wildman–Crippen MR) is 81.3 cm³/mol. The van der Waals surface area contributed by atoms with Crippen LogP contribution in [0.1, 0.15) is 38.1 Å². The van der Waals surface area contributed by atoms with Crippen molar-refractivity contribution in [3.63, 3.8) is 0 Å². The molecule has 0 saturated carbocycles. The maximum atomic E-state index is 12.2. The highest BCUT2D eigenvalue weighted by Gasteiger charge is 2.39. The molecule has 25 heavy (non-hydrogen) atoms. The molecule has 1 aromatic carbocycles. The van der Waals surface area contributed by atoms with Gasteiger partial charge in [0.05, 0.1) is 37.1 Å². The van der Waals surface area contributed by atoms with Crippen LogP contribution < -0.4 is 0 Å². The second-order valence-corrected chi connectivity index (χ2v) is 6.43. The molecule has 0 N–H and O–H groups in total. The van der Waals surface area contributed by atoms with Crippen molar-refractivity contribution in [1.82, 2.24) is 20.1 Å². The van der Waals surface area contributed by atoms with Crippen LogP contribution in [0.5, 0.6) is 0 Å².